The molecule has 4 aromatic rings. The van der Waals surface area contributed by atoms with Crippen molar-refractivity contribution in [2.24, 2.45) is 0 Å². The van der Waals surface area contributed by atoms with Gasteiger partial charge in [0, 0.05) is 5.56 Å². The van der Waals surface area contributed by atoms with E-state index in [1.165, 1.54) is 26.2 Å². The van der Waals surface area contributed by atoms with Crippen LogP contribution in [0.25, 0.3) is 22.3 Å². The van der Waals surface area contributed by atoms with Gasteiger partial charge in [-0.1, -0.05) is 12.1 Å². The molecule has 274 valence electrons. The van der Waals surface area contributed by atoms with Crippen molar-refractivity contribution in [1.29, 1.82) is 0 Å². The normalized spacial score (nSPS) is 19.1. The van der Waals surface area contributed by atoms with Crippen molar-refractivity contribution >= 4 is 12.1 Å². The predicted molar refractivity (Wildman–Crippen MR) is 169 cm³/mol. The van der Waals surface area contributed by atoms with Gasteiger partial charge in [-0.25, -0.2) is 9.59 Å². The molecule has 0 aliphatic carbocycles. The molecule has 2 heterocycles. The fraction of sp³-hybridized carbons (Fsp3) is 0.297. The number of nitrogens with zero attached hydrogens (tertiary/aromatic N) is 1. The van der Waals surface area contributed by atoms with Crippen LogP contribution in [0.4, 0.5) is 44.3 Å². The standard InChI is InChI=1S/C37H28F9NO5/c1-17-10-20(33(48)49)4-6-25(17)19-5-9-30(51-3)27(14-19)31-18(2)11-22(35(38,39)40)16-26(31)28-7-8-29-32(52-34(50)47(28)29)21-12-23(36(41,42)43)15-24(13-21)37(44,45)46/h4-6,9-16,28-29,32H,7-8H2,1-3H3,(H,48,49)/t28-,29-,32?/m0/s1. The fourth-order valence-corrected chi connectivity index (χ4v) is 7.18. The fourth-order valence-electron chi connectivity index (χ4n) is 7.18. The van der Waals surface area contributed by atoms with E-state index >= 15 is 0 Å². The Labute approximate surface area is 290 Å². The molecule has 2 aliphatic heterocycles. The largest absolute Gasteiger partial charge is 0.496 e. The number of cyclic esters (lactones) is 1. The third kappa shape index (κ3) is 6.63. The van der Waals surface area contributed by atoms with Crippen LogP contribution in [0.2, 0.25) is 0 Å². The Morgan fingerprint density at radius 2 is 1.38 bits per heavy atom. The van der Waals surface area contributed by atoms with Gasteiger partial charge in [0.05, 0.1) is 41.4 Å². The van der Waals surface area contributed by atoms with Crippen molar-refractivity contribution in [3.05, 3.63) is 111 Å². The monoisotopic (exact) mass is 737 g/mol. The van der Waals surface area contributed by atoms with E-state index in [2.05, 4.69) is 0 Å². The molecule has 2 saturated heterocycles. The van der Waals surface area contributed by atoms with Gasteiger partial charge in [-0.3, -0.25) is 4.90 Å². The molecular formula is C37H28F9NO5. The number of carboxylic acid groups (broad SMARTS) is 1. The summed E-state index contributed by atoms with van der Waals surface area (Å²) in [4.78, 5) is 26.0. The van der Waals surface area contributed by atoms with Crippen LogP contribution >= 0.6 is 0 Å². The number of carbonyl (C=O) groups excluding carboxylic acids is 1. The number of halogens is 9. The number of fused-ring (bicyclic) bond motifs is 1. The van der Waals surface area contributed by atoms with Crippen LogP contribution in [-0.4, -0.2) is 35.2 Å². The van der Waals surface area contributed by atoms with Gasteiger partial charge in [0.1, 0.15) is 11.9 Å². The third-order valence-electron chi connectivity index (χ3n) is 9.46. The molecule has 1 amide bonds. The molecule has 15 heteroatoms. The molecule has 0 radical (unpaired) electrons. The molecule has 4 aromatic carbocycles. The summed E-state index contributed by atoms with van der Waals surface area (Å²) in [6.07, 6.45) is -17.8. The first-order valence-electron chi connectivity index (χ1n) is 15.7. The van der Waals surface area contributed by atoms with Crippen molar-refractivity contribution in [2.75, 3.05) is 7.11 Å². The maximum absolute atomic E-state index is 14.3. The Hall–Kier alpha value is -5.21. The van der Waals surface area contributed by atoms with E-state index in [1.54, 1.807) is 31.2 Å². The molecule has 2 fully saturated rings. The van der Waals surface area contributed by atoms with Gasteiger partial charge in [-0.2, -0.15) is 39.5 Å². The first-order valence-corrected chi connectivity index (χ1v) is 15.7. The Kier molecular flexibility index (Phi) is 8.99. The lowest BCUT2D eigenvalue weighted by Crippen LogP contribution is -2.31. The van der Waals surface area contributed by atoms with Crippen LogP contribution in [0.3, 0.4) is 0 Å². The minimum atomic E-state index is -5.16. The summed E-state index contributed by atoms with van der Waals surface area (Å²) in [5.41, 5.74) is -2.25. The lowest BCUT2D eigenvalue weighted by atomic mass is 9.86. The van der Waals surface area contributed by atoms with E-state index in [4.69, 9.17) is 9.47 Å². The Morgan fingerprint density at radius 3 is 1.94 bits per heavy atom. The van der Waals surface area contributed by atoms with Gasteiger partial charge < -0.3 is 14.6 Å². The number of ether oxygens (including phenoxy) is 2. The highest BCUT2D eigenvalue weighted by Gasteiger charge is 2.52. The summed E-state index contributed by atoms with van der Waals surface area (Å²) in [6.45, 7) is 3.13. The molecule has 1 unspecified atom stereocenters. The van der Waals surface area contributed by atoms with Crippen molar-refractivity contribution in [2.45, 2.75) is 63.4 Å². The molecule has 6 nitrogen and oxygen atoms in total. The molecule has 3 atom stereocenters. The quantitative estimate of drug-likeness (QED) is 0.199. The number of aromatic carboxylic acids is 1. The van der Waals surface area contributed by atoms with Gasteiger partial charge in [-0.05, 0) is 120 Å². The first kappa shape index (κ1) is 36.6. The maximum Gasteiger partial charge on any atom is 0.416 e. The number of carbonyl (C=O) groups is 2. The van der Waals surface area contributed by atoms with Gasteiger partial charge in [0.15, 0.2) is 0 Å². The van der Waals surface area contributed by atoms with Crippen LogP contribution in [0.15, 0.2) is 66.7 Å². The van der Waals surface area contributed by atoms with E-state index in [0.717, 1.165) is 17.0 Å². The van der Waals surface area contributed by atoms with Crippen LogP contribution in [-0.2, 0) is 23.3 Å². The average molecular weight is 738 g/mol. The molecule has 2 aliphatic rings. The van der Waals surface area contributed by atoms with Crippen molar-refractivity contribution in [1.82, 2.24) is 4.90 Å². The lowest BCUT2D eigenvalue weighted by molar-refractivity contribution is -0.143. The summed E-state index contributed by atoms with van der Waals surface area (Å²) < 4.78 is 136. The smallest absolute Gasteiger partial charge is 0.416 e. The molecule has 0 bridgehead atoms. The molecular weight excluding hydrogens is 709 g/mol. The van der Waals surface area contributed by atoms with Crippen molar-refractivity contribution in [3.63, 3.8) is 0 Å². The zero-order chi connectivity index (χ0) is 38.1. The molecule has 0 spiro atoms. The number of methoxy groups -OCH3 is 1. The summed E-state index contributed by atoms with van der Waals surface area (Å²) >= 11 is 0. The zero-order valence-corrected chi connectivity index (χ0v) is 27.4. The highest BCUT2D eigenvalue weighted by Crippen LogP contribution is 2.52. The number of hydrogen-bond acceptors (Lipinski definition) is 4. The number of amides is 1. The van der Waals surface area contributed by atoms with Gasteiger partial charge in [0.25, 0.3) is 0 Å². The minimum Gasteiger partial charge on any atom is -0.496 e. The topological polar surface area (TPSA) is 76.1 Å². The Balaban J connectivity index is 1.49. The highest BCUT2D eigenvalue weighted by atomic mass is 19.4. The van der Waals surface area contributed by atoms with Crippen LogP contribution in [0.1, 0.15) is 74.3 Å². The number of aryl methyl sites for hydroxylation is 2. The summed E-state index contributed by atoms with van der Waals surface area (Å²) in [7, 11) is 1.35. The highest BCUT2D eigenvalue weighted by molar-refractivity contribution is 5.90. The maximum atomic E-state index is 14.3. The van der Waals surface area contributed by atoms with Gasteiger partial charge >= 0.3 is 30.6 Å². The van der Waals surface area contributed by atoms with Gasteiger partial charge in [0.2, 0.25) is 0 Å². The van der Waals surface area contributed by atoms with Crippen molar-refractivity contribution in [3.8, 4) is 28.0 Å². The molecule has 1 N–H and O–H groups in total. The summed E-state index contributed by atoms with van der Waals surface area (Å²) in [6, 6.07) is 9.85. The second kappa shape index (κ2) is 12.8. The molecule has 0 saturated carbocycles. The van der Waals surface area contributed by atoms with Crippen LogP contribution in [0, 0.1) is 13.8 Å². The van der Waals surface area contributed by atoms with Crippen molar-refractivity contribution < 1.29 is 63.7 Å². The summed E-state index contributed by atoms with van der Waals surface area (Å²) in [5.74, 6) is -0.894. The van der Waals surface area contributed by atoms with E-state index in [1.807, 2.05) is 0 Å². The first-order chi connectivity index (χ1) is 24.2. The zero-order valence-electron chi connectivity index (χ0n) is 27.4. The number of rotatable bonds is 6. The minimum absolute atomic E-state index is 0.00682. The predicted octanol–water partition coefficient (Wildman–Crippen LogP) is 10.8. The second-order valence-electron chi connectivity index (χ2n) is 12.7. The SMILES string of the molecule is COc1ccc(-c2ccc(C(=O)O)cc2C)cc1-c1c(C)cc(C(F)(F)F)cc1[C@@H]1CC[C@H]2C(c3cc(C(F)(F)F)cc(C(F)(F)F)c3)OC(=O)N12. The van der Waals surface area contributed by atoms with Crippen LogP contribution in [0.5, 0.6) is 5.75 Å². The van der Waals surface area contributed by atoms with E-state index < -0.39 is 71.0 Å². The molecule has 52 heavy (non-hydrogen) atoms. The lowest BCUT2D eigenvalue weighted by Gasteiger charge is -2.27. The number of hydrogen-bond donors (Lipinski definition) is 1. The van der Waals surface area contributed by atoms with E-state index in [0.29, 0.717) is 34.4 Å². The van der Waals surface area contributed by atoms with E-state index in [9.17, 15) is 54.2 Å². The Morgan fingerprint density at radius 1 is 0.769 bits per heavy atom. The summed E-state index contributed by atoms with van der Waals surface area (Å²) in [5, 5.41) is 9.41. The number of alkyl halides is 9. The molecule has 0 aromatic heterocycles. The second-order valence-corrected chi connectivity index (χ2v) is 12.7. The Bertz CT molecular complexity index is 2060. The van der Waals surface area contributed by atoms with Gasteiger partial charge in [-0.15, -0.1) is 0 Å². The number of carboxylic acids is 1. The molecule has 6 rings (SSSR count). The average Bonchev–Trinajstić information content (AvgIpc) is 3.63. The number of benzene rings is 4. The third-order valence-corrected chi connectivity index (χ3v) is 9.46. The van der Waals surface area contributed by atoms with E-state index in [-0.39, 0.29) is 46.9 Å². The van der Waals surface area contributed by atoms with Crippen LogP contribution < -0.4 is 4.74 Å².